The summed E-state index contributed by atoms with van der Waals surface area (Å²) in [5.74, 6) is 1.60. The molecule has 1 N–H and O–H groups in total. The van der Waals surface area contributed by atoms with Crippen molar-refractivity contribution in [1.29, 1.82) is 0 Å². The Morgan fingerprint density at radius 2 is 1.85 bits per heavy atom. The van der Waals surface area contributed by atoms with E-state index in [1.165, 1.54) is 12.1 Å². The summed E-state index contributed by atoms with van der Waals surface area (Å²) in [6, 6.07) is 10.4. The van der Waals surface area contributed by atoms with Crippen LogP contribution in [-0.2, 0) is 0 Å². The lowest BCUT2D eigenvalue weighted by atomic mass is 10.1. The second-order valence-corrected chi connectivity index (χ2v) is 6.35. The number of hydrogen-bond acceptors (Lipinski definition) is 7. The van der Waals surface area contributed by atoms with Gasteiger partial charge in [0.1, 0.15) is 0 Å². The highest BCUT2D eigenvalue weighted by atomic mass is 16.6. The van der Waals surface area contributed by atoms with Crippen LogP contribution in [-0.4, -0.2) is 35.2 Å². The van der Waals surface area contributed by atoms with Crippen molar-refractivity contribution >= 4 is 22.5 Å². The lowest BCUT2D eigenvalue weighted by Gasteiger charge is -2.13. The first-order valence-electron chi connectivity index (χ1n) is 8.54. The predicted octanol–water partition coefficient (Wildman–Crippen LogP) is 3.80. The van der Waals surface area contributed by atoms with Crippen molar-refractivity contribution < 1.29 is 14.4 Å². The van der Waals surface area contributed by atoms with Gasteiger partial charge >= 0.3 is 0 Å². The van der Waals surface area contributed by atoms with E-state index in [1.54, 1.807) is 38.5 Å². The summed E-state index contributed by atoms with van der Waals surface area (Å²) < 4.78 is 10.8. The van der Waals surface area contributed by atoms with Gasteiger partial charge in [0, 0.05) is 35.2 Å². The molecule has 1 saturated carbocycles. The summed E-state index contributed by atoms with van der Waals surface area (Å²) in [7, 11) is 3.12. The Hall–Kier alpha value is -3.42. The van der Waals surface area contributed by atoms with Crippen LogP contribution in [0.3, 0.4) is 0 Å². The summed E-state index contributed by atoms with van der Waals surface area (Å²) in [5.41, 5.74) is 1.93. The smallest absolute Gasteiger partial charge is 0.270 e. The Labute approximate surface area is 155 Å². The number of nitro groups is 1. The molecule has 0 atom stereocenters. The van der Waals surface area contributed by atoms with Crippen LogP contribution in [0.4, 0.5) is 11.6 Å². The number of ether oxygens (including phenoxy) is 2. The summed E-state index contributed by atoms with van der Waals surface area (Å²) in [5, 5.41) is 15.2. The monoisotopic (exact) mass is 366 g/mol. The van der Waals surface area contributed by atoms with Crippen LogP contribution in [0.15, 0.2) is 36.4 Å². The number of hydrogen-bond donors (Lipinski definition) is 1. The van der Waals surface area contributed by atoms with Crippen LogP contribution in [0, 0.1) is 10.1 Å². The molecule has 1 fully saturated rings. The van der Waals surface area contributed by atoms with E-state index in [-0.39, 0.29) is 5.69 Å². The second kappa shape index (κ2) is 6.71. The Kier molecular flexibility index (Phi) is 4.23. The van der Waals surface area contributed by atoms with Crippen LogP contribution < -0.4 is 14.8 Å². The third-order valence-corrected chi connectivity index (χ3v) is 4.44. The van der Waals surface area contributed by atoms with Gasteiger partial charge in [-0.3, -0.25) is 10.1 Å². The molecule has 0 unspecified atom stereocenters. The van der Waals surface area contributed by atoms with Gasteiger partial charge < -0.3 is 14.8 Å². The number of non-ortho nitro benzene ring substituents is 1. The number of rotatable bonds is 6. The van der Waals surface area contributed by atoms with Gasteiger partial charge in [-0.1, -0.05) is 12.1 Å². The maximum atomic E-state index is 11.2. The highest BCUT2D eigenvalue weighted by molar-refractivity contribution is 5.95. The fourth-order valence-electron chi connectivity index (χ4n) is 2.92. The molecule has 0 saturated heterocycles. The van der Waals surface area contributed by atoms with Gasteiger partial charge in [0.2, 0.25) is 5.95 Å². The zero-order valence-electron chi connectivity index (χ0n) is 14.9. The zero-order valence-corrected chi connectivity index (χ0v) is 14.9. The van der Waals surface area contributed by atoms with Gasteiger partial charge in [0.05, 0.1) is 30.4 Å². The summed E-state index contributed by atoms with van der Waals surface area (Å²) >= 11 is 0. The molecule has 2 aromatic carbocycles. The van der Waals surface area contributed by atoms with E-state index >= 15 is 0 Å². The Morgan fingerprint density at radius 1 is 1.11 bits per heavy atom. The summed E-state index contributed by atoms with van der Waals surface area (Å²) in [6.45, 7) is 0. The molecule has 0 amide bonds. The topological polar surface area (TPSA) is 99.4 Å². The molecule has 138 valence electrons. The summed E-state index contributed by atoms with van der Waals surface area (Å²) in [6.07, 6.45) is 2.17. The fourth-order valence-corrected chi connectivity index (χ4v) is 2.92. The minimum Gasteiger partial charge on any atom is -0.493 e. The van der Waals surface area contributed by atoms with E-state index < -0.39 is 4.92 Å². The van der Waals surface area contributed by atoms with E-state index in [0.717, 1.165) is 18.2 Å². The van der Waals surface area contributed by atoms with Gasteiger partial charge in [0.25, 0.3) is 5.69 Å². The molecule has 0 spiro atoms. The number of benzene rings is 2. The van der Waals surface area contributed by atoms with E-state index in [2.05, 4.69) is 15.3 Å². The van der Waals surface area contributed by atoms with Crippen LogP contribution in [0.2, 0.25) is 0 Å². The molecule has 27 heavy (non-hydrogen) atoms. The molecule has 0 bridgehead atoms. The molecule has 8 nitrogen and oxygen atoms in total. The van der Waals surface area contributed by atoms with E-state index in [1.807, 2.05) is 0 Å². The van der Waals surface area contributed by atoms with Crippen molar-refractivity contribution in [3.05, 3.63) is 46.5 Å². The molecule has 0 radical (unpaired) electrons. The van der Waals surface area contributed by atoms with Crippen molar-refractivity contribution in [2.75, 3.05) is 19.5 Å². The average Bonchev–Trinajstić information content (AvgIpc) is 3.50. The summed E-state index contributed by atoms with van der Waals surface area (Å²) in [4.78, 5) is 20.0. The van der Waals surface area contributed by atoms with E-state index in [9.17, 15) is 10.1 Å². The highest BCUT2D eigenvalue weighted by Gasteiger charge is 2.23. The molecular formula is C19H18N4O4. The highest BCUT2D eigenvalue weighted by Crippen LogP contribution is 2.37. The normalized spacial score (nSPS) is 13.4. The molecular weight excluding hydrogens is 348 g/mol. The number of nitrogens with zero attached hydrogens (tertiary/aromatic N) is 3. The van der Waals surface area contributed by atoms with Crippen LogP contribution in [0.1, 0.15) is 12.8 Å². The van der Waals surface area contributed by atoms with Crippen LogP contribution in [0.5, 0.6) is 11.5 Å². The second-order valence-electron chi connectivity index (χ2n) is 6.35. The average molecular weight is 366 g/mol. The first kappa shape index (κ1) is 17.0. The van der Waals surface area contributed by atoms with Crippen molar-refractivity contribution in [2.45, 2.75) is 18.9 Å². The first-order valence-corrected chi connectivity index (χ1v) is 8.54. The maximum absolute atomic E-state index is 11.2. The molecule has 4 rings (SSSR count). The van der Waals surface area contributed by atoms with Gasteiger partial charge in [0.15, 0.2) is 11.5 Å². The van der Waals surface area contributed by atoms with Gasteiger partial charge in [-0.25, -0.2) is 9.97 Å². The molecule has 8 heteroatoms. The number of nitrogens with one attached hydrogen (secondary N) is 1. The zero-order chi connectivity index (χ0) is 19.0. The Bertz CT molecular complexity index is 1030. The number of fused-ring (bicyclic) bond motifs is 1. The van der Waals surface area contributed by atoms with Crippen LogP contribution in [0.25, 0.3) is 22.2 Å². The molecule has 3 aromatic rings. The third-order valence-electron chi connectivity index (χ3n) is 4.44. The number of methoxy groups -OCH3 is 2. The van der Waals surface area contributed by atoms with Crippen molar-refractivity contribution in [3.63, 3.8) is 0 Å². The minimum atomic E-state index is -0.417. The fraction of sp³-hybridized carbons (Fsp3) is 0.263. The Morgan fingerprint density at radius 3 is 2.52 bits per heavy atom. The third kappa shape index (κ3) is 3.33. The molecule has 0 aliphatic heterocycles. The number of nitro benzene ring substituents is 1. The molecule has 1 heterocycles. The first-order chi connectivity index (χ1) is 13.1. The minimum absolute atomic E-state index is 0.0106. The maximum Gasteiger partial charge on any atom is 0.270 e. The Balaban J connectivity index is 1.95. The number of aromatic nitrogens is 2. The van der Waals surface area contributed by atoms with Crippen molar-refractivity contribution in [1.82, 2.24) is 9.97 Å². The predicted molar refractivity (Wildman–Crippen MR) is 101 cm³/mol. The SMILES string of the molecule is COc1cc2nc(NC3CC3)nc(-c3cccc([N+](=O)[O-])c3)c2cc1OC. The van der Waals surface area contributed by atoms with Gasteiger partial charge in [-0.15, -0.1) is 0 Å². The van der Waals surface area contributed by atoms with Crippen molar-refractivity contribution in [3.8, 4) is 22.8 Å². The van der Waals surface area contributed by atoms with E-state index in [0.29, 0.717) is 40.3 Å². The molecule has 1 aromatic heterocycles. The van der Waals surface area contributed by atoms with Gasteiger partial charge in [-0.05, 0) is 18.9 Å². The molecule has 1 aliphatic rings. The quantitative estimate of drug-likeness (QED) is 0.523. The van der Waals surface area contributed by atoms with E-state index in [4.69, 9.17) is 9.47 Å². The van der Waals surface area contributed by atoms with Crippen molar-refractivity contribution in [2.24, 2.45) is 0 Å². The number of anilines is 1. The van der Waals surface area contributed by atoms with Crippen LogP contribution >= 0.6 is 0 Å². The molecule has 1 aliphatic carbocycles. The lowest BCUT2D eigenvalue weighted by Crippen LogP contribution is -2.07. The standard InChI is InChI=1S/C19H18N4O4/c1-26-16-9-14-15(10-17(16)27-2)21-19(20-12-6-7-12)22-18(14)11-4-3-5-13(8-11)23(24)25/h3-5,8-10,12H,6-7H2,1-2H3,(H,20,21,22). The lowest BCUT2D eigenvalue weighted by molar-refractivity contribution is -0.384. The largest absolute Gasteiger partial charge is 0.493 e. The van der Waals surface area contributed by atoms with Gasteiger partial charge in [-0.2, -0.15) is 0 Å².